The van der Waals surface area contributed by atoms with E-state index in [0.29, 0.717) is 24.5 Å². The van der Waals surface area contributed by atoms with Crippen molar-refractivity contribution in [3.63, 3.8) is 0 Å². The van der Waals surface area contributed by atoms with Crippen molar-refractivity contribution in [2.24, 2.45) is 7.05 Å². The van der Waals surface area contributed by atoms with Gasteiger partial charge in [0.1, 0.15) is 11.8 Å². The van der Waals surface area contributed by atoms with Crippen molar-refractivity contribution in [2.75, 3.05) is 13.2 Å². The maximum absolute atomic E-state index is 12.6. The van der Waals surface area contributed by atoms with Gasteiger partial charge in [0.05, 0.1) is 29.8 Å². The summed E-state index contributed by atoms with van der Waals surface area (Å²) in [5, 5.41) is 5.36. The van der Waals surface area contributed by atoms with E-state index in [1.807, 2.05) is 42.5 Å². The Morgan fingerprint density at radius 2 is 2.04 bits per heavy atom. The predicted octanol–water partition coefficient (Wildman–Crippen LogP) is 2.03. The molecule has 1 saturated heterocycles. The third-order valence-electron chi connectivity index (χ3n) is 4.63. The minimum Gasteiger partial charge on any atom is -0.469 e. The molecule has 130 valence electrons. The molecule has 26 heavy (non-hydrogen) atoms. The number of ether oxygens (including phenoxy) is 2. The minimum absolute atomic E-state index is 0.0386. The molecular formula is C19H16N4O3. The van der Waals surface area contributed by atoms with E-state index < -0.39 is 0 Å². The SMILES string of the molecule is Cn1c(=O)c2ccccc2n2nc(-c3ccnc(OC4COC4)c3)cc12. The Morgan fingerprint density at radius 3 is 2.85 bits per heavy atom. The number of benzene rings is 1. The van der Waals surface area contributed by atoms with Crippen LogP contribution in [0.3, 0.4) is 0 Å². The van der Waals surface area contributed by atoms with Crippen LogP contribution in [0.5, 0.6) is 5.88 Å². The molecule has 5 rings (SSSR count). The number of rotatable bonds is 3. The summed E-state index contributed by atoms with van der Waals surface area (Å²) < 4.78 is 14.3. The molecule has 0 unspecified atom stereocenters. The van der Waals surface area contributed by atoms with E-state index in [4.69, 9.17) is 14.6 Å². The molecule has 0 spiro atoms. The quantitative estimate of drug-likeness (QED) is 0.566. The molecule has 7 nitrogen and oxygen atoms in total. The van der Waals surface area contributed by atoms with Gasteiger partial charge in [0.25, 0.3) is 5.56 Å². The van der Waals surface area contributed by atoms with Crippen LogP contribution in [0.4, 0.5) is 0 Å². The molecule has 4 heterocycles. The fourth-order valence-electron chi connectivity index (χ4n) is 3.14. The van der Waals surface area contributed by atoms with Crippen LogP contribution in [0, 0.1) is 0 Å². The number of aryl methyl sites for hydroxylation is 1. The van der Waals surface area contributed by atoms with Crippen LogP contribution in [0.2, 0.25) is 0 Å². The van der Waals surface area contributed by atoms with Crippen LogP contribution >= 0.6 is 0 Å². The van der Waals surface area contributed by atoms with Crippen molar-refractivity contribution < 1.29 is 9.47 Å². The Kier molecular flexibility index (Phi) is 3.29. The first-order valence-corrected chi connectivity index (χ1v) is 8.39. The van der Waals surface area contributed by atoms with Crippen molar-refractivity contribution in [3.05, 3.63) is 59.0 Å². The highest BCUT2D eigenvalue weighted by molar-refractivity contribution is 5.81. The van der Waals surface area contributed by atoms with E-state index in [-0.39, 0.29) is 11.7 Å². The molecule has 0 radical (unpaired) electrons. The Morgan fingerprint density at radius 1 is 1.19 bits per heavy atom. The Balaban J connectivity index is 1.66. The van der Waals surface area contributed by atoms with Crippen molar-refractivity contribution in [1.82, 2.24) is 19.2 Å². The lowest BCUT2D eigenvalue weighted by molar-refractivity contribution is -0.0813. The molecule has 1 aliphatic rings. The van der Waals surface area contributed by atoms with Gasteiger partial charge < -0.3 is 9.47 Å². The predicted molar refractivity (Wildman–Crippen MR) is 96.4 cm³/mol. The molecular weight excluding hydrogens is 332 g/mol. The number of nitrogens with zero attached hydrogens (tertiary/aromatic N) is 4. The van der Waals surface area contributed by atoms with Gasteiger partial charge in [-0.3, -0.25) is 9.36 Å². The highest BCUT2D eigenvalue weighted by atomic mass is 16.6. The number of para-hydroxylation sites is 1. The van der Waals surface area contributed by atoms with Crippen LogP contribution in [0.15, 0.2) is 53.5 Å². The summed E-state index contributed by atoms with van der Waals surface area (Å²) in [7, 11) is 1.76. The maximum atomic E-state index is 12.6. The number of fused-ring (bicyclic) bond motifs is 3. The first-order chi connectivity index (χ1) is 12.7. The summed E-state index contributed by atoms with van der Waals surface area (Å²) in [5.74, 6) is 0.548. The average molecular weight is 348 g/mol. The molecule has 0 bridgehead atoms. The summed E-state index contributed by atoms with van der Waals surface area (Å²) in [6.07, 6.45) is 1.76. The number of hydrogen-bond acceptors (Lipinski definition) is 5. The second-order valence-electron chi connectivity index (χ2n) is 6.34. The topological polar surface area (TPSA) is 70.7 Å². The zero-order valence-corrected chi connectivity index (χ0v) is 14.1. The largest absolute Gasteiger partial charge is 0.469 e. The summed E-state index contributed by atoms with van der Waals surface area (Å²) in [5.41, 5.74) is 3.12. The van der Waals surface area contributed by atoms with Crippen LogP contribution in [0.1, 0.15) is 0 Å². The van der Waals surface area contributed by atoms with Gasteiger partial charge in [0, 0.05) is 30.9 Å². The minimum atomic E-state index is -0.0386. The lowest BCUT2D eigenvalue weighted by Gasteiger charge is -2.26. The van der Waals surface area contributed by atoms with E-state index in [1.54, 1.807) is 22.3 Å². The molecule has 7 heteroatoms. The van der Waals surface area contributed by atoms with Gasteiger partial charge in [-0.2, -0.15) is 5.10 Å². The molecule has 1 fully saturated rings. The molecule has 0 aliphatic carbocycles. The molecule has 1 aliphatic heterocycles. The first kappa shape index (κ1) is 15.1. The van der Waals surface area contributed by atoms with Gasteiger partial charge >= 0.3 is 0 Å². The summed E-state index contributed by atoms with van der Waals surface area (Å²) in [6.45, 7) is 1.18. The van der Waals surface area contributed by atoms with Crippen molar-refractivity contribution in [1.29, 1.82) is 0 Å². The van der Waals surface area contributed by atoms with E-state index in [9.17, 15) is 4.79 Å². The molecule has 3 aromatic heterocycles. The summed E-state index contributed by atoms with van der Waals surface area (Å²) >= 11 is 0. The van der Waals surface area contributed by atoms with Gasteiger partial charge in [-0.25, -0.2) is 9.50 Å². The summed E-state index contributed by atoms with van der Waals surface area (Å²) in [6, 6.07) is 13.1. The third-order valence-corrected chi connectivity index (χ3v) is 4.63. The molecule has 0 atom stereocenters. The second-order valence-corrected chi connectivity index (χ2v) is 6.34. The van der Waals surface area contributed by atoms with Gasteiger partial charge in [-0.15, -0.1) is 0 Å². The van der Waals surface area contributed by atoms with Gasteiger partial charge in [0.2, 0.25) is 5.88 Å². The van der Waals surface area contributed by atoms with Crippen LogP contribution in [0.25, 0.3) is 27.8 Å². The highest BCUT2D eigenvalue weighted by Crippen LogP contribution is 2.24. The van der Waals surface area contributed by atoms with Gasteiger partial charge in [-0.1, -0.05) is 12.1 Å². The molecule has 4 aromatic rings. The van der Waals surface area contributed by atoms with E-state index in [2.05, 4.69) is 4.98 Å². The monoisotopic (exact) mass is 348 g/mol. The lowest BCUT2D eigenvalue weighted by atomic mass is 10.2. The van der Waals surface area contributed by atoms with E-state index in [1.165, 1.54) is 0 Å². The Labute approximate surface area is 148 Å². The van der Waals surface area contributed by atoms with Crippen molar-refractivity contribution in [2.45, 2.75) is 6.10 Å². The zero-order valence-electron chi connectivity index (χ0n) is 14.1. The Hall–Kier alpha value is -3.19. The average Bonchev–Trinajstić information content (AvgIpc) is 3.09. The third kappa shape index (κ3) is 2.28. The van der Waals surface area contributed by atoms with Crippen LogP contribution in [-0.4, -0.2) is 38.5 Å². The maximum Gasteiger partial charge on any atom is 0.261 e. The van der Waals surface area contributed by atoms with E-state index in [0.717, 1.165) is 22.4 Å². The zero-order chi connectivity index (χ0) is 17.7. The molecule has 0 N–H and O–H groups in total. The van der Waals surface area contributed by atoms with Gasteiger partial charge in [0.15, 0.2) is 0 Å². The Bertz CT molecular complexity index is 1190. The molecule has 0 amide bonds. The first-order valence-electron chi connectivity index (χ1n) is 8.39. The van der Waals surface area contributed by atoms with E-state index >= 15 is 0 Å². The summed E-state index contributed by atoms with van der Waals surface area (Å²) in [4.78, 5) is 16.8. The number of hydrogen-bond donors (Lipinski definition) is 0. The van der Waals surface area contributed by atoms with Crippen LogP contribution < -0.4 is 10.3 Å². The fourth-order valence-corrected chi connectivity index (χ4v) is 3.14. The van der Waals surface area contributed by atoms with Crippen molar-refractivity contribution >= 4 is 16.6 Å². The molecule has 0 saturated carbocycles. The van der Waals surface area contributed by atoms with Crippen molar-refractivity contribution in [3.8, 4) is 17.1 Å². The lowest BCUT2D eigenvalue weighted by Crippen LogP contribution is -2.38. The standard InChI is InChI=1S/C19H16N4O3/c1-22-18-9-15(12-6-7-20-17(8-12)26-13-10-25-11-13)21-23(18)16-5-3-2-4-14(16)19(22)24/h2-9,13H,10-11H2,1H3. The smallest absolute Gasteiger partial charge is 0.261 e. The highest BCUT2D eigenvalue weighted by Gasteiger charge is 2.21. The van der Waals surface area contributed by atoms with Crippen LogP contribution in [-0.2, 0) is 11.8 Å². The number of aromatic nitrogens is 4. The molecule has 1 aromatic carbocycles. The number of pyridine rings is 1. The second kappa shape index (κ2) is 5.67. The van der Waals surface area contributed by atoms with Gasteiger partial charge in [-0.05, 0) is 18.2 Å². The normalized spacial score (nSPS) is 14.7. The fraction of sp³-hybridized carbons (Fsp3) is 0.211.